The van der Waals surface area contributed by atoms with Gasteiger partial charge < -0.3 is 9.47 Å². The lowest BCUT2D eigenvalue weighted by Crippen LogP contribution is -2.34. The summed E-state index contributed by atoms with van der Waals surface area (Å²) < 4.78 is 11.0. The Balaban J connectivity index is 1.62. The van der Waals surface area contributed by atoms with Crippen molar-refractivity contribution >= 4 is 17.3 Å². The number of hydrogen-bond donors (Lipinski definition) is 1. The largest absolute Gasteiger partial charge is 0.492 e. The minimum Gasteiger partial charge on any atom is -0.492 e. The number of ether oxygens (including phenoxy) is 2. The number of nitro groups is 1. The normalized spacial score (nSPS) is 15.5. The van der Waals surface area contributed by atoms with Gasteiger partial charge in [0.05, 0.1) is 17.2 Å². The molecule has 0 fully saturated rings. The Morgan fingerprint density at radius 2 is 2.00 bits per heavy atom. The second kappa shape index (κ2) is 7.64. The molecule has 134 valence electrons. The summed E-state index contributed by atoms with van der Waals surface area (Å²) in [5, 5.41) is 14.8. The van der Waals surface area contributed by atoms with E-state index in [4.69, 9.17) is 9.47 Å². The Morgan fingerprint density at radius 3 is 2.73 bits per heavy atom. The number of non-ortho nitro benzene ring substituents is 1. The Bertz CT molecular complexity index is 848. The van der Waals surface area contributed by atoms with Gasteiger partial charge in [0.1, 0.15) is 11.5 Å². The van der Waals surface area contributed by atoms with Crippen molar-refractivity contribution in [3.63, 3.8) is 0 Å². The average Bonchev–Trinajstić information content (AvgIpc) is 2.66. The van der Waals surface area contributed by atoms with E-state index in [0.29, 0.717) is 18.8 Å². The average molecular weight is 355 g/mol. The maximum atomic E-state index is 12.2. The van der Waals surface area contributed by atoms with Gasteiger partial charge in [-0.2, -0.15) is 5.10 Å². The third-order valence-corrected chi connectivity index (χ3v) is 3.83. The van der Waals surface area contributed by atoms with Crippen LogP contribution >= 0.6 is 0 Å². The van der Waals surface area contributed by atoms with Gasteiger partial charge in [-0.1, -0.05) is 12.1 Å². The van der Waals surface area contributed by atoms with Crippen molar-refractivity contribution in [2.45, 2.75) is 19.4 Å². The summed E-state index contributed by atoms with van der Waals surface area (Å²) in [7, 11) is 0. The van der Waals surface area contributed by atoms with Crippen molar-refractivity contribution < 1.29 is 19.2 Å². The highest BCUT2D eigenvalue weighted by molar-refractivity contribution is 6.04. The molecule has 0 saturated carbocycles. The van der Waals surface area contributed by atoms with Crippen molar-refractivity contribution in [2.24, 2.45) is 5.10 Å². The number of carbonyl (C=O) groups excluding carboxylic acids is 1. The summed E-state index contributed by atoms with van der Waals surface area (Å²) in [6.07, 6.45) is -0.217. The van der Waals surface area contributed by atoms with Crippen molar-refractivity contribution in [1.82, 2.24) is 5.43 Å². The highest BCUT2D eigenvalue weighted by atomic mass is 16.6. The molecule has 3 rings (SSSR count). The van der Waals surface area contributed by atoms with Gasteiger partial charge in [0.15, 0.2) is 6.10 Å². The Hall–Kier alpha value is -3.42. The third kappa shape index (κ3) is 3.97. The minimum atomic E-state index is -0.809. The van der Waals surface area contributed by atoms with E-state index in [1.54, 1.807) is 6.92 Å². The molecule has 1 N–H and O–H groups in total. The molecule has 26 heavy (non-hydrogen) atoms. The van der Waals surface area contributed by atoms with Gasteiger partial charge in [-0.25, -0.2) is 5.43 Å². The third-order valence-electron chi connectivity index (χ3n) is 3.83. The summed E-state index contributed by atoms with van der Waals surface area (Å²) in [5.41, 5.74) is 4.05. The van der Waals surface area contributed by atoms with Crippen LogP contribution in [0.5, 0.6) is 11.5 Å². The first-order valence-electron chi connectivity index (χ1n) is 8.04. The van der Waals surface area contributed by atoms with Crippen LogP contribution in [0.1, 0.15) is 18.9 Å². The zero-order chi connectivity index (χ0) is 18.5. The molecule has 1 heterocycles. The van der Waals surface area contributed by atoms with E-state index < -0.39 is 16.9 Å². The molecule has 8 heteroatoms. The molecular formula is C18H17N3O5. The number of hydrazone groups is 1. The van der Waals surface area contributed by atoms with Crippen molar-refractivity contribution in [2.75, 3.05) is 6.61 Å². The Kier molecular flexibility index (Phi) is 5.12. The highest BCUT2D eigenvalue weighted by Crippen LogP contribution is 2.24. The molecule has 8 nitrogen and oxygen atoms in total. The van der Waals surface area contributed by atoms with Gasteiger partial charge in [-0.3, -0.25) is 14.9 Å². The molecule has 0 spiro atoms. The molecule has 0 unspecified atom stereocenters. The Morgan fingerprint density at radius 1 is 1.27 bits per heavy atom. The predicted molar refractivity (Wildman–Crippen MR) is 94.4 cm³/mol. The molecular weight excluding hydrogens is 338 g/mol. The molecule has 2 aromatic rings. The Labute approximate surface area is 149 Å². The number of rotatable bonds is 5. The fraction of sp³-hybridized carbons (Fsp3) is 0.222. The molecule has 0 aromatic heterocycles. The number of benzene rings is 2. The van der Waals surface area contributed by atoms with Gasteiger partial charge in [0, 0.05) is 24.1 Å². The van der Waals surface area contributed by atoms with Gasteiger partial charge in [-0.15, -0.1) is 0 Å². The number of amides is 1. The lowest BCUT2D eigenvalue weighted by atomic mass is 10.0. The zero-order valence-corrected chi connectivity index (χ0v) is 14.0. The molecule has 0 radical (unpaired) electrons. The fourth-order valence-electron chi connectivity index (χ4n) is 2.46. The van der Waals surface area contributed by atoms with E-state index in [2.05, 4.69) is 10.5 Å². The molecule has 0 saturated heterocycles. The van der Waals surface area contributed by atoms with E-state index in [1.165, 1.54) is 24.3 Å². The van der Waals surface area contributed by atoms with E-state index in [0.717, 1.165) is 17.0 Å². The van der Waals surface area contributed by atoms with Gasteiger partial charge in [0.25, 0.3) is 11.6 Å². The van der Waals surface area contributed by atoms with Crippen LogP contribution in [0.3, 0.4) is 0 Å². The SMILES string of the molecule is C[C@H](Oc1ccc([N+](=O)[O-])cc1)C(=O)N/N=C1/CCOc2ccccc21. The molecule has 1 atom stereocenters. The van der Waals surface area contributed by atoms with Gasteiger partial charge in [0.2, 0.25) is 0 Å². The van der Waals surface area contributed by atoms with Crippen LogP contribution in [0.4, 0.5) is 5.69 Å². The predicted octanol–water partition coefficient (Wildman–Crippen LogP) is 2.67. The fourth-order valence-corrected chi connectivity index (χ4v) is 2.46. The van der Waals surface area contributed by atoms with E-state index in [-0.39, 0.29) is 5.69 Å². The first-order valence-corrected chi connectivity index (χ1v) is 8.04. The maximum Gasteiger partial charge on any atom is 0.280 e. The standard InChI is InChI=1S/C18H17N3O5/c1-12(26-14-8-6-13(7-9-14)21(23)24)18(22)20-19-16-10-11-25-17-5-3-2-4-15(16)17/h2-9,12H,10-11H2,1H3,(H,20,22)/b19-16-/t12-/m0/s1. The maximum absolute atomic E-state index is 12.2. The van der Waals surface area contributed by atoms with Crippen molar-refractivity contribution in [3.8, 4) is 11.5 Å². The summed E-state index contributed by atoms with van der Waals surface area (Å²) >= 11 is 0. The topological polar surface area (TPSA) is 103 Å². The van der Waals surface area contributed by atoms with Crippen LogP contribution in [0, 0.1) is 10.1 Å². The number of hydrogen-bond acceptors (Lipinski definition) is 6. The van der Waals surface area contributed by atoms with E-state index in [1.807, 2.05) is 24.3 Å². The number of fused-ring (bicyclic) bond motifs is 1. The first kappa shape index (κ1) is 17.4. The summed E-state index contributed by atoms with van der Waals surface area (Å²) in [6, 6.07) is 13.0. The first-order chi connectivity index (χ1) is 12.5. The van der Waals surface area contributed by atoms with Gasteiger partial charge in [-0.05, 0) is 31.2 Å². The molecule has 0 bridgehead atoms. The van der Waals surface area contributed by atoms with Crippen molar-refractivity contribution in [1.29, 1.82) is 0 Å². The summed E-state index contributed by atoms with van der Waals surface area (Å²) in [4.78, 5) is 22.3. The van der Waals surface area contributed by atoms with Crippen LogP contribution in [-0.2, 0) is 4.79 Å². The molecule has 1 amide bonds. The molecule has 1 aliphatic rings. The summed E-state index contributed by atoms with van der Waals surface area (Å²) in [6.45, 7) is 2.08. The minimum absolute atomic E-state index is 0.0426. The number of nitro benzene ring substituents is 1. The van der Waals surface area contributed by atoms with Crippen LogP contribution in [0.2, 0.25) is 0 Å². The van der Waals surface area contributed by atoms with Crippen LogP contribution < -0.4 is 14.9 Å². The van der Waals surface area contributed by atoms with Crippen molar-refractivity contribution in [3.05, 3.63) is 64.2 Å². The zero-order valence-electron chi connectivity index (χ0n) is 14.0. The lowest BCUT2D eigenvalue weighted by Gasteiger charge is -2.19. The second-order valence-corrected chi connectivity index (χ2v) is 5.64. The molecule has 0 aliphatic carbocycles. The molecule has 1 aliphatic heterocycles. The lowest BCUT2D eigenvalue weighted by molar-refractivity contribution is -0.384. The van der Waals surface area contributed by atoms with Gasteiger partial charge >= 0.3 is 0 Å². The van der Waals surface area contributed by atoms with E-state index in [9.17, 15) is 14.9 Å². The van der Waals surface area contributed by atoms with E-state index >= 15 is 0 Å². The summed E-state index contributed by atoms with van der Waals surface area (Å²) in [5.74, 6) is 0.684. The molecule has 2 aromatic carbocycles. The second-order valence-electron chi connectivity index (χ2n) is 5.64. The highest BCUT2D eigenvalue weighted by Gasteiger charge is 2.18. The number of carbonyl (C=O) groups is 1. The smallest absolute Gasteiger partial charge is 0.280 e. The number of nitrogens with zero attached hydrogens (tertiary/aromatic N) is 2. The number of para-hydroxylation sites is 1. The monoisotopic (exact) mass is 355 g/mol. The van der Waals surface area contributed by atoms with Crippen LogP contribution in [-0.4, -0.2) is 29.3 Å². The quantitative estimate of drug-likeness (QED) is 0.656. The number of nitrogens with one attached hydrogen (secondary N) is 1. The van der Waals surface area contributed by atoms with Crippen LogP contribution in [0.15, 0.2) is 53.6 Å². The van der Waals surface area contributed by atoms with Crippen LogP contribution in [0.25, 0.3) is 0 Å².